The summed E-state index contributed by atoms with van der Waals surface area (Å²) in [6.45, 7) is 4.45. The number of H-pyrrole nitrogens is 1. The molecule has 0 bridgehead atoms. The van der Waals surface area contributed by atoms with E-state index in [2.05, 4.69) is 20.5 Å². The molecule has 0 aliphatic carbocycles. The van der Waals surface area contributed by atoms with E-state index >= 15 is 0 Å². The first-order chi connectivity index (χ1) is 10.2. The lowest BCUT2D eigenvalue weighted by molar-refractivity contribution is 0.340. The molecule has 21 heavy (non-hydrogen) atoms. The van der Waals surface area contributed by atoms with Gasteiger partial charge in [0.25, 0.3) is 5.56 Å². The maximum atomic E-state index is 11.4. The highest BCUT2D eigenvalue weighted by Gasteiger charge is 2.00. The molecule has 0 saturated heterocycles. The third kappa shape index (κ3) is 4.17. The minimum atomic E-state index is -0.200. The molecule has 0 amide bonds. The molecule has 0 aliphatic rings. The van der Waals surface area contributed by atoms with E-state index in [-0.39, 0.29) is 5.56 Å². The molecule has 1 aromatic heterocycles. The average molecular weight is 286 g/mol. The third-order valence-electron chi connectivity index (χ3n) is 2.75. The van der Waals surface area contributed by atoms with Crippen LogP contribution in [0.25, 0.3) is 0 Å². The number of benzene rings is 1. The Kier molecular flexibility index (Phi) is 5.09. The summed E-state index contributed by atoms with van der Waals surface area (Å²) in [6, 6.07) is 9.05. The van der Waals surface area contributed by atoms with E-state index in [0.717, 1.165) is 11.3 Å². The van der Waals surface area contributed by atoms with Crippen molar-refractivity contribution >= 4 is 12.2 Å². The molecule has 6 nitrogen and oxygen atoms in total. The van der Waals surface area contributed by atoms with Crippen LogP contribution in [-0.4, -0.2) is 22.8 Å². The molecule has 0 radical (unpaired) electrons. The number of aromatic nitrogens is 2. The molecule has 2 aromatic rings. The smallest absolute Gasteiger partial charge is 0.252 e. The van der Waals surface area contributed by atoms with Gasteiger partial charge in [0, 0.05) is 17.3 Å². The van der Waals surface area contributed by atoms with Gasteiger partial charge in [0.2, 0.25) is 5.95 Å². The fraction of sp³-hybridized carbons (Fsp3) is 0.267. The third-order valence-corrected chi connectivity index (χ3v) is 2.75. The van der Waals surface area contributed by atoms with Crippen LogP contribution in [0.3, 0.4) is 0 Å². The largest absolute Gasteiger partial charge is 0.493 e. The van der Waals surface area contributed by atoms with E-state index in [4.69, 9.17) is 4.74 Å². The van der Waals surface area contributed by atoms with Gasteiger partial charge in [-0.15, -0.1) is 0 Å². The highest BCUT2D eigenvalue weighted by atomic mass is 16.5. The van der Waals surface area contributed by atoms with Crippen molar-refractivity contribution < 1.29 is 4.74 Å². The Morgan fingerprint density at radius 3 is 2.95 bits per heavy atom. The zero-order valence-electron chi connectivity index (χ0n) is 12.1. The lowest BCUT2D eigenvalue weighted by Gasteiger charge is -2.06. The molecular formula is C15H18N4O2. The number of aromatic amines is 1. The van der Waals surface area contributed by atoms with Crippen LogP contribution < -0.4 is 15.7 Å². The summed E-state index contributed by atoms with van der Waals surface area (Å²) in [4.78, 5) is 18.3. The van der Waals surface area contributed by atoms with Crippen LogP contribution in [0.4, 0.5) is 5.95 Å². The van der Waals surface area contributed by atoms with Crippen molar-refractivity contribution in [3.63, 3.8) is 0 Å². The molecule has 0 atom stereocenters. The fourth-order valence-electron chi connectivity index (χ4n) is 1.78. The van der Waals surface area contributed by atoms with Gasteiger partial charge in [-0.25, -0.2) is 10.4 Å². The SMILES string of the molecule is CCOc1ccccc1/C=N\Nc1nc(CC)cc(=O)[nH]1. The number of hydrazone groups is 1. The first-order valence-electron chi connectivity index (χ1n) is 6.84. The molecule has 0 unspecified atom stereocenters. The van der Waals surface area contributed by atoms with Gasteiger partial charge >= 0.3 is 0 Å². The van der Waals surface area contributed by atoms with E-state index < -0.39 is 0 Å². The van der Waals surface area contributed by atoms with E-state index in [1.807, 2.05) is 38.1 Å². The maximum Gasteiger partial charge on any atom is 0.252 e. The Hall–Kier alpha value is -2.63. The quantitative estimate of drug-likeness (QED) is 0.630. The van der Waals surface area contributed by atoms with Crippen LogP contribution in [0.5, 0.6) is 5.75 Å². The Bertz CT molecular complexity index is 679. The number of para-hydroxylation sites is 1. The van der Waals surface area contributed by atoms with Crippen LogP contribution in [0.15, 0.2) is 40.2 Å². The molecule has 0 spiro atoms. The van der Waals surface area contributed by atoms with Gasteiger partial charge in [-0.3, -0.25) is 9.78 Å². The van der Waals surface area contributed by atoms with Crippen molar-refractivity contribution in [2.75, 3.05) is 12.0 Å². The summed E-state index contributed by atoms with van der Waals surface area (Å²) in [5.41, 5.74) is 4.09. The highest BCUT2D eigenvalue weighted by molar-refractivity contribution is 5.83. The molecule has 0 fully saturated rings. The van der Waals surface area contributed by atoms with Gasteiger partial charge in [0.05, 0.1) is 12.8 Å². The van der Waals surface area contributed by atoms with Crippen LogP contribution in [0.1, 0.15) is 25.1 Å². The Morgan fingerprint density at radius 1 is 1.38 bits per heavy atom. The number of rotatable bonds is 6. The second kappa shape index (κ2) is 7.23. The van der Waals surface area contributed by atoms with Crippen molar-refractivity contribution in [3.8, 4) is 5.75 Å². The fourth-order valence-corrected chi connectivity index (χ4v) is 1.78. The average Bonchev–Trinajstić information content (AvgIpc) is 2.48. The molecule has 110 valence electrons. The van der Waals surface area contributed by atoms with Crippen molar-refractivity contribution in [1.29, 1.82) is 0 Å². The van der Waals surface area contributed by atoms with Crippen molar-refractivity contribution in [2.45, 2.75) is 20.3 Å². The lowest BCUT2D eigenvalue weighted by Crippen LogP contribution is -2.11. The molecule has 6 heteroatoms. The maximum absolute atomic E-state index is 11.4. The van der Waals surface area contributed by atoms with Gasteiger partial charge < -0.3 is 4.74 Å². The van der Waals surface area contributed by atoms with E-state index in [1.54, 1.807) is 6.21 Å². The first-order valence-corrected chi connectivity index (χ1v) is 6.84. The highest BCUT2D eigenvalue weighted by Crippen LogP contribution is 2.15. The summed E-state index contributed by atoms with van der Waals surface area (Å²) >= 11 is 0. The summed E-state index contributed by atoms with van der Waals surface area (Å²) in [7, 11) is 0. The molecule has 2 N–H and O–H groups in total. The summed E-state index contributed by atoms with van der Waals surface area (Å²) in [5.74, 6) is 1.08. The molecule has 0 aliphatic heterocycles. The Morgan fingerprint density at radius 2 is 2.19 bits per heavy atom. The van der Waals surface area contributed by atoms with Crippen LogP contribution in [-0.2, 0) is 6.42 Å². The lowest BCUT2D eigenvalue weighted by atomic mass is 10.2. The van der Waals surface area contributed by atoms with Gasteiger partial charge in [0.1, 0.15) is 5.75 Å². The van der Waals surface area contributed by atoms with E-state index in [0.29, 0.717) is 24.7 Å². The van der Waals surface area contributed by atoms with Crippen molar-refractivity contribution in [3.05, 3.63) is 51.9 Å². The first kappa shape index (κ1) is 14.8. The summed E-state index contributed by atoms with van der Waals surface area (Å²) < 4.78 is 5.50. The number of nitrogens with zero attached hydrogens (tertiary/aromatic N) is 2. The zero-order valence-corrected chi connectivity index (χ0v) is 12.1. The van der Waals surface area contributed by atoms with Gasteiger partial charge in [-0.05, 0) is 25.5 Å². The van der Waals surface area contributed by atoms with Crippen LogP contribution in [0.2, 0.25) is 0 Å². The zero-order chi connectivity index (χ0) is 15.1. The number of ether oxygens (including phenoxy) is 1. The Labute approximate surface area is 122 Å². The monoisotopic (exact) mass is 286 g/mol. The molecule has 0 saturated carbocycles. The normalized spacial score (nSPS) is 10.8. The predicted molar refractivity (Wildman–Crippen MR) is 83.1 cm³/mol. The van der Waals surface area contributed by atoms with Gasteiger partial charge in [-0.1, -0.05) is 19.1 Å². The molecule has 1 heterocycles. The molecule has 2 rings (SSSR count). The van der Waals surface area contributed by atoms with Crippen LogP contribution >= 0.6 is 0 Å². The Balaban J connectivity index is 2.12. The topological polar surface area (TPSA) is 79.4 Å². The van der Waals surface area contributed by atoms with Crippen LogP contribution in [0, 0.1) is 0 Å². The predicted octanol–water partition coefficient (Wildman–Crippen LogP) is 2.18. The summed E-state index contributed by atoms with van der Waals surface area (Å²) in [6.07, 6.45) is 2.32. The summed E-state index contributed by atoms with van der Waals surface area (Å²) in [5, 5.41) is 4.08. The van der Waals surface area contributed by atoms with Crippen molar-refractivity contribution in [1.82, 2.24) is 9.97 Å². The van der Waals surface area contributed by atoms with Crippen molar-refractivity contribution in [2.24, 2.45) is 5.10 Å². The second-order valence-corrected chi connectivity index (χ2v) is 4.28. The van der Waals surface area contributed by atoms with E-state index in [1.165, 1.54) is 6.07 Å². The number of nitrogens with one attached hydrogen (secondary N) is 2. The number of hydrogen-bond acceptors (Lipinski definition) is 5. The second-order valence-electron chi connectivity index (χ2n) is 4.28. The number of anilines is 1. The van der Waals surface area contributed by atoms with Gasteiger partial charge in [-0.2, -0.15) is 5.10 Å². The number of aryl methyl sites for hydroxylation is 1. The van der Waals surface area contributed by atoms with Gasteiger partial charge in [0.15, 0.2) is 0 Å². The molecular weight excluding hydrogens is 268 g/mol. The van der Waals surface area contributed by atoms with E-state index in [9.17, 15) is 4.79 Å². The minimum absolute atomic E-state index is 0.200. The standard InChI is InChI=1S/C15H18N4O2/c1-3-12-9-14(20)18-15(17-12)19-16-10-11-7-5-6-8-13(11)21-4-2/h5-10H,3-4H2,1-2H3,(H2,17,18,19,20)/b16-10-. The minimum Gasteiger partial charge on any atom is -0.493 e. The number of hydrogen-bond donors (Lipinski definition) is 2. The molecule has 1 aromatic carbocycles.